The van der Waals surface area contributed by atoms with Crippen molar-refractivity contribution in [2.75, 3.05) is 20.4 Å². The highest BCUT2D eigenvalue weighted by Crippen LogP contribution is 2.17. The molecule has 1 rings (SSSR count). The van der Waals surface area contributed by atoms with Gasteiger partial charge in [-0.05, 0) is 31.5 Å². The minimum atomic E-state index is -3.42. The van der Waals surface area contributed by atoms with Gasteiger partial charge in [0.05, 0.1) is 10.5 Å². The van der Waals surface area contributed by atoms with Gasteiger partial charge in [-0.2, -0.15) is 0 Å². The van der Waals surface area contributed by atoms with Crippen LogP contribution < -0.4 is 0 Å². The van der Waals surface area contributed by atoms with Gasteiger partial charge in [0.25, 0.3) is 5.91 Å². The minimum Gasteiger partial charge on any atom is -0.449 e. The van der Waals surface area contributed by atoms with Crippen LogP contribution in [0, 0.1) is 6.92 Å². The number of likely N-dealkylation sites (N-methyl/N-ethyl adjacent to an activating group) is 1. The quantitative estimate of drug-likeness (QED) is 0.776. The molecule has 0 aromatic heterocycles. The Hall–Kier alpha value is -1.89. The van der Waals surface area contributed by atoms with Crippen LogP contribution in [0.25, 0.3) is 0 Å². The molecular weight excluding hydrogens is 294 g/mol. The molecule has 0 spiro atoms. The Balaban J connectivity index is 3.05. The number of carbonyl (C=O) groups excluding carboxylic acids is 2. The van der Waals surface area contributed by atoms with Crippen molar-refractivity contribution in [2.45, 2.75) is 24.8 Å². The summed E-state index contributed by atoms with van der Waals surface area (Å²) in [6.07, 6.45) is 0.124. The van der Waals surface area contributed by atoms with E-state index in [4.69, 9.17) is 4.74 Å². The highest BCUT2D eigenvalue weighted by molar-refractivity contribution is 7.90. The van der Waals surface area contributed by atoms with E-state index in [1.165, 1.54) is 30.0 Å². The van der Waals surface area contributed by atoms with E-state index in [9.17, 15) is 18.0 Å². The fourth-order valence-electron chi connectivity index (χ4n) is 1.69. The summed E-state index contributed by atoms with van der Waals surface area (Å²) in [5.41, 5.74) is 0.716. The summed E-state index contributed by atoms with van der Waals surface area (Å²) in [6.45, 7) is 3.14. The molecule has 0 aliphatic heterocycles. The van der Waals surface area contributed by atoms with Gasteiger partial charge in [-0.25, -0.2) is 13.2 Å². The van der Waals surface area contributed by atoms with Crippen LogP contribution in [-0.4, -0.2) is 51.6 Å². The topological polar surface area (TPSA) is 80.7 Å². The van der Waals surface area contributed by atoms with Gasteiger partial charge >= 0.3 is 5.97 Å². The molecule has 0 saturated heterocycles. The zero-order chi connectivity index (χ0) is 16.4. The lowest BCUT2D eigenvalue weighted by Gasteiger charge is -2.17. The fourth-order valence-corrected chi connectivity index (χ4v) is 2.34. The first-order chi connectivity index (χ1) is 9.54. The van der Waals surface area contributed by atoms with Crippen molar-refractivity contribution >= 4 is 21.7 Å². The second-order valence-electron chi connectivity index (χ2n) is 5.03. The molecule has 1 aromatic rings. The van der Waals surface area contributed by atoms with E-state index in [0.29, 0.717) is 5.56 Å². The van der Waals surface area contributed by atoms with Gasteiger partial charge in [0.2, 0.25) is 0 Å². The van der Waals surface area contributed by atoms with Gasteiger partial charge in [0.1, 0.15) is 0 Å². The van der Waals surface area contributed by atoms with E-state index >= 15 is 0 Å². The van der Waals surface area contributed by atoms with Crippen LogP contribution in [0.5, 0.6) is 0 Å². The molecule has 0 bridgehead atoms. The Morgan fingerprint density at radius 2 is 1.81 bits per heavy atom. The van der Waals surface area contributed by atoms with Crippen molar-refractivity contribution in [3.63, 3.8) is 0 Å². The smallest absolute Gasteiger partial charge is 0.339 e. The monoisotopic (exact) mass is 313 g/mol. The maximum atomic E-state index is 12.1. The molecule has 1 atom stereocenters. The van der Waals surface area contributed by atoms with Crippen molar-refractivity contribution < 1.29 is 22.7 Å². The van der Waals surface area contributed by atoms with E-state index < -0.39 is 21.9 Å². The summed E-state index contributed by atoms with van der Waals surface area (Å²) >= 11 is 0. The number of esters is 1. The molecule has 6 nitrogen and oxygen atoms in total. The number of benzene rings is 1. The number of carbonyl (C=O) groups is 2. The molecule has 21 heavy (non-hydrogen) atoms. The third kappa shape index (κ3) is 4.29. The molecule has 0 unspecified atom stereocenters. The Morgan fingerprint density at radius 1 is 1.24 bits per heavy atom. The molecule has 0 fully saturated rings. The molecular formula is C14H19NO5S. The number of sulfone groups is 1. The van der Waals surface area contributed by atoms with Crippen LogP contribution >= 0.6 is 0 Å². The lowest BCUT2D eigenvalue weighted by molar-refractivity contribution is -0.137. The second kappa shape index (κ2) is 6.26. The normalized spacial score (nSPS) is 12.6. The first kappa shape index (κ1) is 17.2. The van der Waals surface area contributed by atoms with Crippen molar-refractivity contribution in [3.05, 3.63) is 29.3 Å². The average molecular weight is 313 g/mol. The van der Waals surface area contributed by atoms with Gasteiger partial charge in [-0.1, -0.05) is 6.07 Å². The fraction of sp³-hybridized carbons (Fsp3) is 0.429. The Morgan fingerprint density at radius 3 is 2.29 bits per heavy atom. The van der Waals surface area contributed by atoms with Crippen molar-refractivity contribution in [2.24, 2.45) is 0 Å². The second-order valence-corrected chi connectivity index (χ2v) is 7.04. The summed E-state index contributed by atoms with van der Waals surface area (Å²) in [4.78, 5) is 25.1. The van der Waals surface area contributed by atoms with Crippen LogP contribution in [0.15, 0.2) is 23.1 Å². The van der Waals surface area contributed by atoms with E-state index in [1.807, 2.05) is 0 Å². The number of amides is 1. The number of ether oxygens (including phenoxy) is 1. The van der Waals surface area contributed by atoms with Gasteiger partial charge < -0.3 is 9.64 Å². The summed E-state index contributed by atoms with van der Waals surface area (Å²) in [5.74, 6) is -1.07. The molecule has 0 aliphatic carbocycles. The summed E-state index contributed by atoms with van der Waals surface area (Å²) in [6, 6.07) is 4.22. The lowest BCUT2D eigenvalue weighted by atomic mass is 10.1. The number of hydrogen-bond acceptors (Lipinski definition) is 5. The van der Waals surface area contributed by atoms with Gasteiger partial charge in [0.15, 0.2) is 15.9 Å². The summed E-state index contributed by atoms with van der Waals surface area (Å²) in [7, 11) is -0.301. The van der Waals surface area contributed by atoms with Gasteiger partial charge in [-0.15, -0.1) is 0 Å². The van der Waals surface area contributed by atoms with Crippen LogP contribution in [0.2, 0.25) is 0 Å². The van der Waals surface area contributed by atoms with Crippen molar-refractivity contribution in [1.29, 1.82) is 0 Å². The molecule has 0 radical (unpaired) electrons. The highest BCUT2D eigenvalue weighted by Gasteiger charge is 2.22. The molecule has 116 valence electrons. The third-order valence-corrected chi connectivity index (χ3v) is 4.04. The molecule has 0 aliphatic rings. The summed E-state index contributed by atoms with van der Waals surface area (Å²) in [5, 5.41) is 0. The van der Waals surface area contributed by atoms with Crippen LogP contribution in [0.1, 0.15) is 22.8 Å². The third-order valence-electron chi connectivity index (χ3n) is 2.93. The molecule has 7 heteroatoms. The SMILES string of the molecule is Cc1ccc(S(C)(=O)=O)cc1C(=O)O[C@@H](C)C(=O)N(C)C. The molecule has 1 aromatic carbocycles. The molecule has 1 amide bonds. The molecule has 0 N–H and O–H groups in total. The van der Waals surface area contributed by atoms with E-state index in [0.717, 1.165) is 6.26 Å². The van der Waals surface area contributed by atoms with Gasteiger partial charge in [-0.3, -0.25) is 4.79 Å². The zero-order valence-corrected chi connectivity index (χ0v) is 13.5. The Kier molecular flexibility index (Phi) is 5.11. The Bertz CT molecular complexity index is 664. The van der Waals surface area contributed by atoms with Gasteiger partial charge in [0, 0.05) is 20.4 Å². The number of hydrogen-bond donors (Lipinski definition) is 0. The molecule has 0 saturated carbocycles. The zero-order valence-electron chi connectivity index (χ0n) is 12.7. The van der Waals surface area contributed by atoms with E-state index in [1.54, 1.807) is 21.0 Å². The maximum absolute atomic E-state index is 12.1. The Labute approximate surface area is 124 Å². The van der Waals surface area contributed by atoms with Crippen LogP contribution in [-0.2, 0) is 19.4 Å². The average Bonchev–Trinajstić information content (AvgIpc) is 2.36. The lowest BCUT2D eigenvalue weighted by Crippen LogP contribution is -2.35. The predicted molar refractivity (Wildman–Crippen MR) is 77.9 cm³/mol. The first-order valence-corrected chi connectivity index (χ1v) is 8.16. The number of rotatable bonds is 4. The van der Waals surface area contributed by atoms with Crippen molar-refractivity contribution in [1.82, 2.24) is 4.90 Å². The summed E-state index contributed by atoms with van der Waals surface area (Å²) < 4.78 is 28.1. The molecule has 0 heterocycles. The van der Waals surface area contributed by atoms with Crippen LogP contribution in [0.3, 0.4) is 0 Å². The largest absolute Gasteiger partial charge is 0.449 e. The predicted octanol–water partition coefficient (Wildman–Crippen LogP) is 1.03. The van der Waals surface area contributed by atoms with Crippen LogP contribution in [0.4, 0.5) is 0 Å². The number of nitrogens with zero attached hydrogens (tertiary/aromatic N) is 1. The number of aryl methyl sites for hydroxylation is 1. The van der Waals surface area contributed by atoms with Crippen molar-refractivity contribution in [3.8, 4) is 0 Å². The van der Waals surface area contributed by atoms with E-state index in [-0.39, 0.29) is 16.4 Å². The van der Waals surface area contributed by atoms with E-state index in [2.05, 4.69) is 0 Å². The standard InChI is InChI=1S/C14H19NO5S/c1-9-6-7-11(21(5,18)19)8-12(9)14(17)20-10(2)13(16)15(3)4/h6-8,10H,1-5H3/t10-/m0/s1. The highest BCUT2D eigenvalue weighted by atomic mass is 32.2. The first-order valence-electron chi connectivity index (χ1n) is 6.27. The minimum absolute atomic E-state index is 0.0339. The maximum Gasteiger partial charge on any atom is 0.339 e.